The summed E-state index contributed by atoms with van der Waals surface area (Å²) in [5, 5.41) is 5.67. The third-order valence-electron chi connectivity index (χ3n) is 4.58. The number of likely N-dealkylation sites (tertiary alicyclic amines) is 1. The molecule has 7 heteroatoms. The van der Waals surface area contributed by atoms with Crippen LogP contribution < -0.4 is 10.6 Å². The van der Waals surface area contributed by atoms with Crippen LogP contribution in [0.1, 0.15) is 19.3 Å². The molecule has 1 atom stereocenters. The maximum Gasteiger partial charge on any atom is 0.319 e. The first-order valence-corrected chi connectivity index (χ1v) is 8.53. The number of hydrogen-bond donors (Lipinski definition) is 2. The molecule has 2 aromatic rings. The van der Waals surface area contributed by atoms with E-state index in [2.05, 4.69) is 15.6 Å². The predicted octanol–water partition coefficient (Wildman–Crippen LogP) is 2.47. The fraction of sp³-hybridized carbons (Fsp3) is 0.389. The number of amides is 3. The van der Waals surface area contributed by atoms with E-state index in [9.17, 15) is 9.59 Å². The lowest BCUT2D eigenvalue weighted by atomic mass is 10.1. The number of benzene rings is 1. The number of rotatable bonds is 5. The second-order valence-electron chi connectivity index (χ2n) is 6.60. The standard InChI is InChI=1S/C18H20N4O3/c23-16-8-12(11-22(16)15-4-5-15)10-20-18(24)21-14-3-1-2-13(9-14)17-19-6-7-25-17/h1-3,6-7,9,12,15H,4-5,8,10-11H2,(H2,20,21,24)/t12-/m1/s1. The third kappa shape index (κ3) is 3.65. The number of carbonyl (C=O) groups excluding carboxylic acids is 2. The van der Waals surface area contributed by atoms with Gasteiger partial charge in [0.2, 0.25) is 11.8 Å². The summed E-state index contributed by atoms with van der Waals surface area (Å²) in [6.45, 7) is 1.25. The highest BCUT2D eigenvalue weighted by molar-refractivity contribution is 5.90. The lowest BCUT2D eigenvalue weighted by Crippen LogP contribution is -2.34. The fourth-order valence-corrected chi connectivity index (χ4v) is 3.19. The highest BCUT2D eigenvalue weighted by atomic mass is 16.3. The Morgan fingerprint density at radius 2 is 2.24 bits per heavy atom. The molecule has 3 amide bonds. The monoisotopic (exact) mass is 340 g/mol. The lowest BCUT2D eigenvalue weighted by molar-refractivity contribution is -0.128. The van der Waals surface area contributed by atoms with Crippen LogP contribution in [0.5, 0.6) is 0 Å². The quantitative estimate of drug-likeness (QED) is 0.875. The minimum Gasteiger partial charge on any atom is -0.445 e. The molecule has 130 valence electrons. The van der Waals surface area contributed by atoms with Crippen LogP contribution in [0.3, 0.4) is 0 Å². The van der Waals surface area contributed by atoms with E-state index in [0.717, 1.165) is 24.9 Å². The second kappa shape index (κ2) is 6.58. The molecule has 4 rings (SSSR count). The molecule has 0 unspecified atom stereocenters. The molecule has 1 aliphatic carbocycles. The Bertz CT molecular complexity index is 770. The zero-order valence-electron chi connectivity index (χ0n) is 13.8. The first-order chi connectivity index (χ1) is 12.2. The van der Waals surface area contributed by atoms with Crippen molar-refractivity contribution in [2.24, 2.45) is 5.92 Å². The SMILES string of the molecule is O=C(NC[C@H]1CC(=O)N(C2CC2)C1)Nc1cccc(-c2ncco2)c1. The number of carbonyl (C=O) groups is 2. The van der Waals surface area contributed by atoms with Gasteiger partial charge >= 0.3 is 6.03 Å². The van der Waals surface area contributed by atoms with Gasteiger partial charge in [-0.3, -0.25) is 4.79 Å². The summed E-state index contributed by atoms with van der Waals surface area (Å²) >= 11 is 0. The van der Waals surface area contributed by atoms with Crippen LogP contribution in [0.2, 0.25) is 0 Å². The molecule has 1 aromatic carbocycles. The molecule has 0 bridgehead atoms. The van der Waals surface area contributed by atoms with E-state index in [-0.39, 0.29) is 17.9 Å². The van der Waals surface area contributed by atoms with E-state index in [1.165, 1.54) is 6.26 Å². The lowest BCUT2D eigenvalue weighted by Gasteiger charge is -2.16. The maximum absolute atomic E-state index is 12.1. The molecular weight excluding hydrogens is 320 g/mol. The highest BCUT2D eigenvalue weighted by Gasteiger charge is 2.39. The van der Waals surface area contributed by atoms with Crippen LogP contribution in [0.15, 0.2) is 41.1 Å². The van der Waals surface area contributed by atoms with Gasteiger partial charge in [-0.15, -0.1) is 0 Å². The molecular formula is C18H20N4O3. The van der Waals surface area contributed by atoms with Crippen molar-refractivity contribution in [2.75, 3.05) is 18.4 Å². The zero-order chi connectivity index (χ0) is 17.2. The van der Waals surface area contributed by atoms with E-state index in [1.807, 2.05) is 17.0 Å². The number of aromatic nitrogens is 1. The Kier molecular flexibility index (Phi) is 4.13. The minimum atomic E-state index is -0.276. The van der Waals surface area contributed by atoms with E-state index < -0.39 is 0 Å². The number of urea groups is 1. The topological polar surface area (TPSA) is 87.5 Å². The number of nitrogens with zero attached hydrogens (tertiary/aromatic N) is 2. The first kappa shape index (κ1) is 15.7. The predicted molar refractivity (Wildman–Crippen MR) is 91.8 cm³/mol. The molecule has 2 heterocycles. The molecule has 25 heavy (non-hydrogen) atoms. The Morgan fingerprint density at radius 1 is 1.36 bits per heavy atom. The zero-order valence-corrected chi connectivity index (χ0v) is 13.8. The minimum absolute atomic E-state index is 0.192. The normalized spacial score (nSPS) is 19.9. The summed E-state index contributed by atoms with van der Waals surface area (Å²) in [6.07, 6.45) is 5.85. The van der Waals surface area contributed by atoms with Crippen molar-refractivity contribution in [2.45, 2.75) is 25.3 Å². The summed E-state index contributed by atoms with van der Waals surface area (Å²) in [6, 6.07) is 7.48. The van der Waals surface area contributed by atoms with Crippen LogP contribution in [-0.2, 0) is 4.79 Å². The highest BCUT2D eigenvalue weighted by Crippen LogP contribution is 2.32. The van der Waals surface area contributed by atoms with E-state index >= 15 is 0 Å². The van der Waals surface area contributed by atoms with E-state index in [1.54, 1.807) is 18.3 Å². The second-order valence-corrected chi connectivity index (χ2v) is 6.60. The van der Waals surface area contributed by atoms with Gasteiger partial charge in [0.05, 0.1) is 6.20 Å². The van der Waals surface area contributed by atoms with Crippen molar-refractivity contribution in [1.29, 1.82) is 0 Å². The van der Waals surface area contributed by atoms with Gasteiger partial charge in [0.15, 0.2) is 0 Å². The van der Waals surface area contributed by atoms with Gasteiger partial charge in [0, 0.05) is 42.7 Å². The first-order valence-electron chi connectivity index (χ1n) is 8.53. The van der Waals surface area contributed by atoms with Crippen LogP contribution in [0, 0.1) is 5.92 Å². The number of oxazole rings is 1. The molecule has 1 saturated carbocycles. The van der Waals surface area contributed by atoms with Gasteiger partial charge < -0.3 is 20.0 Å². The van der Waals surface area contributed by atoms with Crippen molar-refractivity contribution in [1.82, 2.24) is 15.2 Å². The summed E-state index contributed by atoms with van der Waals surface area (Å²) < 4.78 is 5.26. The largest absolute Gasteiger partial charge is 0.445 e. The Labute approximate surface area is 145 Å². The van der Waals surface area contributed by atoms with Gasteiger partial charge in [0.1, 0.15) is 6.26 Å². The molecule has 1 aromatic heterocycles. The summed E-state index contributed by atoms with van der Waals surface area (Å²) in [7, 11) is 0. The van der Waals surface area contributed by atoms with Gasteiger partial charge in [-0.05, 0) is 31.0 Å². The Hall–Kier alpha value is -2.83. The average Bonchev–Trinajstić information content (AvgIpc) is 3.16. The van der Waals surface area contributed by atoms with Gasteiger partial charge in [-0.2, -0.15) is 0 Å². The molecule has 7 nitrogen and oxygen atoms in total. The molecule has 2 fully saturated rings. The van der Waals surface area contributed by atoms with E-state index in [4.69, 9.17) is 4.42 Å². The molecule has 1 saturated heterocycles. The smallest absolute Gasteiger partial charge is 0.319 e. The average molecular weight is 340 g/mol. The van der Waals surface area contributed by atoms with Gasteiger partial charge in [-0.1, -0.05) is 6.07 Å². The summed E-state index contributed by atoms with van der Waals surface area (Å²) in [4.78, 5) is 30.1. The maximum atomic E-state index is 12.1. The molecule has 0 spiro atoms. The summed E-state index contributed by atoms with van der Waals surface area (Å²) in [5.41, 5.74) is 1.46. The molecule has 0 radical (unpaired) electrons. The van der Waals surface area contributed by atoms with Gasteiger partial charge in [-0.25, -0.2) is 9.78 Å². The Balaban J connectivity index is 1.29. The number of anilines is 1. The molecule has 1 aliphatic heterocycles. The van der Waals surface area contributed by atoms with Crippen LogP contribution in [0.4, 0.5) is 10.5 Å². The van der Waals surface area contributed by atoms with Crippen molar-refractivity contribution in [3.8, 4) is 11.5 Å². The van der Waals surface area contributed by atoms with Crippen LogP contribution in [0.25, 0.3) is 11.5 Å². The van der Waals surface area contributed by atoms with E-state index in [0.29, 0.717) is 30.6 Å². The van der Waals surface area contributed by atoms with Crippen molar-refractivity contribution in [3.05, 3.63) is 36.7 Å². The fourth-order valence-electron chi connectivity index (χ4n) is 3.19. The van der Waals surface area contributed by atoms with Crippen molar-refractivity contribution in [3.63, 3.8) is 0 Å². The molecule has 2 N–H and O–H groups in total. The summed E-state index contributed by atoms with van der Waals surface area (Å²) in [5.74, 6) is 0.916. The molecule has 2 aliphatic rings. The van der Waals surface area contributed by atoms with Gasteiger partial charge in [0.25, 0.3) is 0 Å². The Morgan fingerprint density at radius 3 is 3.00 bits per heavy atom. The van der Waals surface area contributed by atoms with Crippen molar-refractivity contribution >= 4 is 17.6 Å². The number of hydrogen-bond acceptors (Lipinski definition) is 4. The number of nitrogens with one attached hydrogen (secondary N) is 2. The van der Waals surface area contributed by atoms with Crippen LogP contribution >= 0.6 is 0 Å². The third-order valence-corrected chi connectivity index (χ3v) is 4.58. The van der Waals surface area contributed by atoms with Crippen molar-refractivity contribution < 1.29 is 14.0 Å². The van der Waals surface area contributed by atoms with Crippen LogP contribution in [-0.4, -0.2) is 41.0 Å².